The molecule has 2 rings (SSSR count). The molecule has 1 atom stereocenters. The van der Waals surface area contributed by atoms with Crippen LogP contribution in [0.25, 0.3) is 0 Å². The van der Waals surface area contributed by atoms with Gasteiger partial charge in [0.1, 0.15) is 4.60 Å². The summed E-state index contributed by atoms with van der Waals surface area (Å²) >= 11 is 3.28. The number of ether oxygens (including phenoxy) is 1. The Bertz CT molecular complexity index is 394. The zero-order valence-electron chi connectivity index (χ0n) is 9.28. The molecule has 1 fully saturated rings. The van der Waals surface area contributed by atoms with Crippen molar-refractivity contribution < 1.29 is 9.53 Å². The van der Waals surface area contributed by atoms with Gasteiger partial charge in [-0.1, -0.05) is 0 Å². The van der Waals surface area contributed by atoms with E-state index >= 15 is 0 Å². The Kier molecular flexibility index (Phi) is 4.47. The van der Waals surface area contributed by atoms with Gasteiger partial charge in [0.05, 0.1) is 24.8 Å². The van der Waals surface area contributed by atoms with Crippen LogP contribution in [0, 0.1) is 0 Å². The lowest BCUT2D eigenvalue weighted by molar-refractivity contribution is -0.119. The van der Waals surface area contributed by atoms with E-state index in [0.29, 0.717) is 23.3 Å². The van der Waals surface area contributed by atoms with Crippen LogP contribution in [0.2, 0.25) is 0 Å². The van der Waals surface area contributed by atoms with Gasteiger partial charge in [-0.05, 0) is 28.1 Å². The minimum Gasteiger partial charge on any atom is -0.375 e. The Morgan fingerprint density at radius 1 is 1.71 bits per heavy atom. The fourth-order valence-electron chi connectivity index (χ4n) is 1.64. The number of rotatable bonds is 3. The van der Waals surface area contributed by atoms with E-state index in [0.717, 1.165) is 13.1 Å². The first-order valence-electron chi connectivity index (χ1n) is 5.48. The molecule has 0 radical (unpaired) electrons. The van der Waals surface area contributed by atoms with E-state index in [-0.39, 0.29) is 12.0 Å². The van der Waals surface area contributed by atoms with Crippen LogP contribution in [0.4, 0.5) is 5.69 Å². The Balaban J connectivity index is 1.86. The summed E-state index contributed by atoms with van der Waals surface area (Å²) in [6.07, 6.45) is 1.97. The molecule has 0 aromatic carbocycles. The van der Waals surface area contributed by atoms with E-state index in [1.54, 1.807) is 18.3 Å². The first kappa shape index (κ1) is 12.5. The fourth-order valence-corrected chi connectivity index (χ4v) is 1.99. The van der Waals surface area contributed by atoms with Gasteiger partial charge < -0.3 is 15.4 Å². The van der Waals surface area contributed by atoms with Crippen molar-refractivity contribution in [2.45, 2.75) is 12.5 Å². The molecular weight excluding hydrogens is 286 g/mol. The van der Waals surface area contributed by atoms with Crippen LogP contribution in [-0.4, -0.2) is 36.7 Å². The van der Waals surface area contributed by atoms with Gasteiger partial charge in [-0.25, -0.2) is 4.98 Å². The molecule has 0 spiro atoms. The summed E-state index contributed by atoms with van der Waals surface area (Å²) in [6.45, 7) is 2.24. The summed E-state index contributed by atoms with van der Waals surface area (Å²) in [6, 6.07) is 3.58. The van der Waals surface area contributed by atoms with Crippen molar-refractivity contribution in [2.24, 2.45) is 0 Å². The Morgan fingerprint density at radius 2 is 2.59 bits per heavy atom. The van der Waals surface area contributed by atoms with Crippen molar-refractivity contribution in [1.29, 1.82) is 0 Å². The number of morpholine rings is 1. The third-order valence-electron chi connectivity index (χ3n) is 2.45. The van der Waals surface area contributed by atoms with Crippen LogP contribution >= 0.6 is 15.9 Å². The number of anilines is 1. The molecular formula is C11H14BrN3O2. The number of carbonyl (C=O) groups excluding carboxylic acids is 1. The number of hydrogen-bond acceptors (Lipinski definition) is 4. The van der Waals surface area contributed by atoms with Gasteiger partial charge in [-0.3, -0.25) is 4.79 Å². The maximum Gasteiger partial charge on any atom is 0.227 e. The summed E-state index contributed by atoms with van der Waals surface area (Å²) < 4.78 is 6.10. The molecule has 1 aromatic rings. The summed E-state index contributed by atoms with van der Waals surface area (Å²) in [5.41, 5.74) is 0.682. The third kappa shape index (κ3) is 3.76. The van der Waals surface area contributed by atoms with Crippen LogP contribution in [0.5, 0.6) is 0 Å². The molecule has 1 saturated heterocycles. The number of amides is 1. The van der Waals surface area contributed by atoms with Crippen molar-refractivity contribution in [1.82, 2.24) is 10.3 Å². The number of nitrogens with one attached hydrogen (secondary N) is 2. The van der Waals surface area contributed by atoms with Gasteiger partial charge in [0.15, 0.2) is 0 Å². The molecule has 1 aromatic heterocycles. The number of pyridine rings is 1. The zero-order chi connectivity index (χ0) is 12.1. The minimum absolute atomic E-state index is 0.0424. The summed E-state index contributed by atoms with van der Waals surface area (Å²) in [5.74, 6) is -0.0626. The highest BCUT2D eigenvalue weighted by molar-refractivity contribution is 9.10. The molecule has 0 bridgehead atoms. The molecule has 1 unspecified atom stereocenters. The highest BCUT2D eigenvalue weighted by Crippen LogP contribution is 2.18. The monoisotopic (exact) mass is 299 g/mol. The van der Waals surface area contributed by atoms with E-state index in [9.17, 15) is 4.79 Å². The van der Waals surface area contributed by atoms with Crippen molar-refractivity contribution >= 4 is 27.5 Å². The lowest BCUT2D eigenvalue weighted by atomic mass is 10.2. The molecule has 0 aliphatic carbocycles. The second-order valence-corrected chi connectivity index (χ2v) is 4.54. The number of aromatic nitrogens is 1. The lowest BCUT2D eigenvalue weighted by Crippen LogP contribution is -2.40. The van der Waals surface area contributed by atoms with Crippen molar-refractivity contribution in [3.63, 3.8) is 0 Å². The van der Waals surface area contributed by atoms with E-state index in [2.05, 4.69) is 31.5 Å². The average Bonchev–Trinajstić information content (AvgIpc) is 2.33. The van der Waals surface area contributed by atoms with Gasteiger partial charge in [0, 0.05) is 19.3 Å². The number of nitrogens with zero attached hydrogens (tertiary/aromatic N) is 1. The average molecular weight is 300 g/mol. The Labute approximate surface area is 108 Å². The molecule has 1 aliphatic rings. The van der Waals surface area contributed by atoms with Crippen LogP contribution in [0.15, 0.2) is 22.9 Å². The summed E-state index contributed by atoms with van der Waals surface area (Å²) in [4.78, 5) is 15.8. The molecule has 1 amide bonds. The predicted octanol–water partition coefficient (Wildman–Crippen LogP) is 1.16. The highest BCUT2D eigenvalue weighted by atomic mass is 79.9. The van der Waals surface area contributed by atoms with Crippen LogP contribution in [0.3, 0.4) is 0 Å². The maximum atomic E-state index is 11.8. The van der Waals surface area contributed by atoms with Gasteiger partial charge in [-0.15, -0.1) is 0 Å². The predicted molar refractivity (Wildman–Crippen MR) is 67.8 cm³/mol. The molecule has 2 heterocycles. The second kappa shape index (κ2) is 6.09. The number of carbonyl (C=O) groups is 1. The molecule has 6 heteroatoms. The lowest BCUT2D eigenvalue weighted by Gasteiger charge is -2.23. The van der Waals surface area contributed by atoms with E-state index in [1.807, 2.05) is 0 Å². The van der Waals surface area contributed by atoms with Gasteiger partial charge >= 0.3 is 0 Å². The fraction of sp³-hybridized carbons (Fsp3) is 0.455. The maximum absolute atomic E-state index is 11.8. The van der Waals surface area contributed by atoms with Crippen LogP contribution < -0.4 is 10.6 Å². The van der Waals surface area contributed by atoms with E-state index in [1.165, 1.54) is 0 Å². The normalized spacial score (nSPS) is 19.9. The van der Waals surface area contributed by atoms with Crippen LogP contribution in [-0.2, 0) is 9.53 Å². The van der Waals surface area contributed by atoms with Crippen molar-refractivity contribution in [2.75, 3.05) is 25.0 Å². The molecule has 0 saturated carbocycles. The zero-order valence-corrected chi connectivity index (χ0v) is 10.9. The summed E-state index contributed by atoms with van der Waals surface area (Å²) in [7, 11) is 0. The minimum atomic E-state index is -0.0626. The van der Waals surface area contributed by atoms with Gasteiger partial charge in [0.25, 0.3) is 0 Å². The molecule has 1 aliphatic heterocycles. The summed E-state index contributed by atoms with van der Waals surface area (Å²) in [5, 5.41) is 5.99. The SMILES string of the molecule is O=C(CC1CNCCO1)Nc1cccnc1Br. The molecule has 5 nitrogen and oxygen atoms in total. The topological polar surface area (TPSA) is 63.2 Å². The smallest absolute Gasteiger partial charge is 0.227 e. The first-order valence-corrected chi connectivity index (χ1v) is 6.27. The quantitative estimate of drug-likeness (QED) is 0.822. The van der Waals surface area contributed by atoms with Gasteiger partial charge in [0.2, 0.25) is 5.91 Å². The van der Waals surface area contributed by atoms with Crippen LogP contribution in [0.1, 0.15) is 6.42 Å². The van der Waals surface area contributed by atoms with Crippen molar-refractivity contribution in [3.05, 3.63) is 22.9 Å². The molecule has 2 N–H and O–H groups in total. The van der Waals surface area contributed by atoms with E-state index in [4.69, 9.17) is 4.74 Å². The molecule has 17 heavy (non-hydrogen) atoms. The molecule has 92 valence electrons. The van der Waals surface area contributed by atoms with Crippen molar-refractivity contribution in [3.8, 4) is 0 Å². The second-order valence-electron chi connectivity index (χ2n) is 3.79. The largest absolute Gasteiger partial charge is 0.375 e. The van der Waals surface area contributed by atoms with Gasteiger partial charge in [-0.2, -0.15) is 0 Å². The first-order chi connectivity index (χ1) is 8.25. The Hall–Kier alpha value is -0.980. The van der Waals surface area contributed by atoms with E-state index < -0.39 is 0 Å². The number of hydrogen-bond donors (Lipinski definition) is 2. The Morgan fingerprint density at radius 3 is 3.29 bits per heavy atom. The highest BCUT2D eigenvalue weighted by Gasteiger charge is 2.17. The number of halogens is 1. The third-order valence-corrected chi connectivity index (χ3v) is 3.08. The standard InChI is InChI=1S/C11H14BrN3O2/c12-11-9(2-1-3-14-11)15-10(16)6-8-7-13-4-5-17-8/h1-3,8,13H,4-7H2,(H,15,16).